The molecule has 0 bridgehead atoms. The number of nitrogens with zero attached hydrogens (tertiary/aromatic N) is 1. The van der Waals surface area contributed by atoms with Crippen LogP contribution in [0.3, 0.4) is 0 Å². The maximum absolute atomic E-state index is 12.4. The lowest BCUT2D eigenvalue weighted by molar-refractivity contribution is -0.152. The fraction of sp³-hybridized carbons (Fsp3) is 0.368. The number of amides is 3. The molecule has 1 fully saturated rings. The molecular formula is C19H23N3O5. The number of piperidine rings is 1. The number of hydrogen-bond donors (Lipinski definition) is 2. The highest BCUT2D eigenvalue weighted by atomic mass is 16.5. The first-order valence-electron chi connectivity index (χ1n) is 8.68. The lowest BCUT2D eigenvalue weighted by Gasteiger charge is -2.33. The van der Waals surface area contributed by atoms with Crippen molar-refractivity contribution < 1.29 is 23.9 Å². The molecule has 1 heterocycles. The van der Waals surface area contributed by atoms with Crippen LogP contribution in [-0.4, -0.2) is 47.8 Å². The van der Waals surface area contributed by atoms with E-state index in [1.807, 2.05) is 6.07 Å². The first-order valence-corrected chi connectivity index (χ1v) is 8.68. The Bertz CT molecular complexity index is 745. The number of primary amides is 1. The van der Waals surface area contributed by atoms with Gasteiger partial charge in [0.05, 0.1) is 0 Å². The SMILES string of the molecule is CC(=O)N/C(=C\c1ccccc1)C(=O)OCC(=O)N1CCCC[C@H]1C(N)=O. The molecule has 0 unspecified atom stereocenters. The normalized spacial score (nSPS) is 17.1. The van der Waals surface area contributed by atoms with Gasteiger partial charge in [-0.25, -0.2) is 4.79 Å². The monoisotopic (exact) mass is 373 g/mol. The summed E-state index contributed by atoms with van der Waals surface area (Å²) in [4.78, 5) is 48.9. The zero-order valence-corrected chi connectivity index (χ0v) is 15.1. The maximum atomic E-state index is 12.4. The average Bonchev–Trinajstić information content (AvgIpc) is 2.65. The molecule has 1 atom stereocenters. The molecule has 8 heteroatoms. The Kier molecular flexibility index (Phi) is 7.10. The Morgan fingerprint density at radius 3 is 2.56 bits per heavy atom. The molecule has 3 N–H and O–H groups in total. The number of rotatable bonds is 6. The summed E-state index contributed by atoms with van der Waals surface area (Å²) in [6.45, 7) is 1.12. The van der Waals surface area contributed by atoms with E-state index in [1.54, 1.807) is 24.3 Å². The number of benzene rings is 1. The molecule has 1 saturated heterocycles. The predicted octanol–water partition coefficient (Wildman–Crippen LogP) is 0.573. The summed E-state index contributed by atoms with van der Waals surface area (Å²) in [5.74, 6) is -2.34. The number of likely N-dealkylation sites (tertiary alicyclic amines) is 1. The standard InChI is InChI=1S/C19H23N3O5/c1-13(23)21-15(11-14-7-3-2-4-8-14)19(26)27-12-17(24)22-10-6-5-9-16(22)18(20)25/h2-4,7-8,11,16H,5-6,9-10,12H2,1H3,(H2,20,25)(H,21,23)/b15-11-/t16-/m0/s1. The number of carbonyl (C=O) groups is 4. The highest BCUT2D eigenvalue weighted by Gasteiger charge is 2.31. The quantitative estimate of drug-likeness (QED) is 0.558. The van der Waals surface area contributed by atoms with Crippen LogP contribution >= 0.6 is 0 Å². The van der Waals surface area contributed by atoms with E-state index < -0.39 is 36.3 Å². The van der Waals surface area contributed by atoms with Crippen molar-refractivity contribution in [3.8, 4) is 0 Å². The number of esters is 1. The minimum atomic E-state index is -0.838. The Labute approximate surface area is 157 Å². The van der Waals surface area contributed by atoms with Crippen LogP contribution in [0.1, 0.15) is 31.7 Å². The van der Waals surface area contributed by atoms with Crippen LogP contribution in [0, 0.1) is 0 Å². The van der Waals surface area contributed by atoms with Gasteiger partial charge in [0.15, 0.2) is 6.61 Å². The van der Waals surface area contributed by atoms with E-state index in [4.69, 9.17) is 10.5 Å². The van der Waals surface area contributed by atoms with Gasteiger partial charge in [-0.3, -0.25) is 14.4 Å². The summed E-state index contributed by atoms with van der Waals surface area (Å²) in [6.07, 6.45) is 3.53. The Balaban J connectivity index is 2.04. The van der Waals surface area contributed by atoms with E-state index in [-0.39, 0.29) is 5.70 Å². The van der Waals surface area contributed by atoms with Gasteiger partial charge < -0.3 is 20.7 Å². The van der Waals surface area contributed by atoms with Crippen molar-refractivity contribution >= 4 is 29.8 Å². The zero-order chi connectivity index (χ0) is 19.8. The number of nitrogens with two attached hydrogens (primary N) is 1. The van der Waals surface area contributed by atoms with Crippen molar-refractivity contribution in [3.63, 3.8) is 0 Å². The minimum Gasteiger partial charge on any atom is -0.451 e. The Morgan fingerprint density at radius 2 is 1.93 bits per heavy atom. The van der Waals surface area contributed by atoms with Gasteiger partial charge in [-0.05, 0) is 30.9 Å². The lowest BCUT2D eigenvalue weighted by Crippen LogP contribution is -2.51. The van der Waals surface area contributed by atoms with Crippen molar-refractivity contribution in [2.75, 3.05) is 13.2 Å². The predicted molar refractivity (Wildman–Crippen MR) is 97.7 cm³/mol. The van der Waals surface area contributed by atoms with Crippen molar-refractivity contribution in [3.05, 3.63) is 41.6 Å². The fourth-order valence-electron chi connectivity index (χ4n) is 2.87. The molecule has 144 valence electrons. The third-order valence-electron chi connectivity index (χ3n) is 4.12. The van der Waals surface area contributed by atoms with Crippen molar-refractivity contribution in [2.45, 2.75) is 32.2 Å². The average molecular weight is 373 g/mol. The molecule has 0 spiro atoms. The largest absolute Gasteiger partial charge is 0.451 e. The molecule has 3 amide bonds. The topological polar surface area (TPSA) is 119 Å². The van der Waals surface area contributed by atoms with Gasteiger partial charge in [0.2, 0.25) is 11.8 Å². The molecule has 0 radical (unpaired) electrons. The summed E-state index contributed by atoms with van der Waals surface area (Å²) in [5.41, 5.74) is 5.96. The molecule has 1 aromatic rings. The van der Waals surface area contributed by atoms with Gasteiger partial charge in [0.25, 0.3) is 5.91 Å². The number of ether oxygens (including phenoxy) is 1. The number of hydrogen-bond acceptors (Lipinski definition) is 5. The van der Waals surface area contributed by atoms with E-state index >= 15 is 0 Å². The Morgan fingerprint density at radius 1 is 1.22 bits per heavy atom. The van der Waals surface area contributed by atoms with Gasteiger partial charge in [-0.2, -0.15) is 0 Å². The second kappa shape index (κ2) is 9.51. The summed E-state index contributed by atoms with van der Waals surface area (Å²) >= 11 is 0. The molecule has 1 aliphatic rings. The van der Waals surface area contributed by atoms with E-state index in [9.17, 15) is 19.2 Å². The van der Waals surface area contributed by atoms with Crippen molar-refractivity contribution in [1.29, 1.82) is 0 Å². The molecule has 2 rings (SSSR count). The van der Waals surface area contributed by atoms with E-state index in [2.05, 4.69) is 5.32 Å². The van der Waals surface area contributed by atoms with E-state index in [0.29, 0.717) is 18.5 Å². The summed E-state index contributed by atoms with van der Waals surface area (Å²) < 4.78 is 5.06. The van der Waals surface area contributed by atoms with Gasteiger partial charge >= 0.3 is 5.97 Å². The molecular weight excluding hydrogens is 350 g/mol. The van der Waals surface area contributed by atoms with Crippen LogP contribution in [0.5, 0.6) is 0 Å². The molecule has 0 saturated carbocycles. The van der Waals surface area contributed by atoms with Crippen molar-refractivity contribution in [2.24, 2.45) is 5.73 Å². The molecule has 8 nitrogen and oxygen atoms in total. The maximum Gasteiger partial charge on any atom is 0.355 e. The van der Waals surface area contributed by atoms with Gasteiger partial charge in [-0.1, -0.05) is 30.3 Å². The summed E-state index contributed by atoms with van der Waals surface area (Å²) in [6, 6.07) is 8.22. The number of nitrogens with one attached hydrogen (secondary N) is 1. The highest BCUT2D eigenvalue weighted by molar-refractivity contribution is 5.98. The van der Waals surface area contributed by atoms with Crippen LogP contribution in [0.15, 0.2) is 36.0 Å². The third kappa shape index (κ3) is 5.95. The van der Waals surface area contributed by atoms with Gasteiger partial charge in [-0.15, -0.1) is 0 Å². The van der Waals surface area contributed by atoms with Gasteiger partial charge in [0, 0.05) is 13.5 Å². The number of carbonyl (C=O) groups excluding carboxylic acids is 4. The summed E-state index contributed by atoms with van der Waals surface area (Å²) in [7, 11) is 0. The molecule has 0 aromatic heterocycles. The first-order chi connectivity index (χ1) is 12.9. The second-order valence-corrected chi connectivity index (χ2v) is 6.23. The van der Waals surface area contributed by atoms with Crippen LogP contribution in [0.4, 0.5) is 0 Å². The second-order valence-electron chi connectivity index (χ2n) is 6.23. The molecule has 0 aliphatic carbocycles. The van der Waals surface area contributed by atoms with E-state index in [0.717, 1.165) is 12.8 Å². The van der Waals surface area contributed by atoms with E-state index in [1.165, 1.54) is 17.9 Å². The van der Waals surface area contributed by atoms with Gasteiger partial charge in [0.1, 0.15) is 11.7 Å². The van der Waals surface area contributed by atoms with Crippen molar-refractivity contribution in [1.82, 2.24) is 10.2 Å². The Hall–Kier alpha value is -3.16. The van der Waals surface area contributed by atoms with Crippen LogP contribution in [-0.2, 0) is 23.9 Å². The first kappa shape index (κ1) is 20.2. The van der Waals surface area contributed by atoms with Crippen LogP contribution < -0.4 is 11.1 Å². The molecule has 1 aromatic carbocycles. The third-order valence-corrected chi connectivity index (χ3v) is 4.12. The molecule has 1 aliphatic heterocycles. The fourth-order valence-corrected chi connectivity index (χ4v) is 2.87. The zero-order valence-electron chi connectivity index (χ0n) is 15.1. The summed E-state index contributed by atoms with van der Waals surface area (Å²) in [5, 5.41) is 2.41. The molecule has 27 heavy (non-hydrogen) atoms. The minimum absolute atomic E-state index is 0.0772. The highest BCUT2D eigenvalue weighted by Crippen LogP contribution is 2.17. The van der Waals surface area contributed by atoms with Crippen LogP contribution in [0.2, 0.25) is 0 Å². The van der Waals surface area contributed by atoms with Crippen LogP contribution in [0.25, 0.3) is 6.08 Å². The lowest BCUT2D eigenvalue weighted by atomic mass is 10.0. The smallest absolute Gasteiger partial charge is 0.355 e.